The average Bonchev–Trinajstić information content (AvgIpc) is 2.73. The van der Waals surface area contributed by atoms with Crippen molar-refractivity contribution in [1.82, 2.24) is 9.78 Å². The van der Waals surface area contributed by atoms with E-state index < -0.39 is 0 Å². The summed E-state index contributed by atoms with van der Waals surface area (Å²) in [6, 6.07) is 0. The Morgan fingerprint density at radius 2 is 2.10 bits per heavy atom. The van der Waals surface area contributed by atoms with Crippen LogP contribution in [0.4, 0.5) is 0 Å². The number of hydrogen-bond acceptors (Lipinski definition) is 3. The Morgan fingerprint density at radius 3 is 2.67 bits per heavy atom. The maximum absolute atomic E-state index is 12.3. The summed E-state index contributed by atoms with van der Waals surface area (Å²) in [5.41, 5.74) is 2.07. The first kappa shape index (κ1) is 16.7. The lowest BCUT2D eigenvalue weighted by molar-refractivity contribution is -0.121. The fraction of sp³-hybridized carbons (Fsp3) is 0.750. The van der Waals surface area contributed by atoms with Gasteiger partial charge < -0.3 is 4.74 Å². The molecule has 0 unspecified atom stereocenters. The second-order valence-electron chi connectivity index (χ2n) is 5.71. The van der Waals surface area contributed by atoms with Gasteiger partial charge in [0.15, 0.2) is 0 Å². The zero-order valence-corrected chi connectivity index (χ0v) is 14.8. The minimum absolute atomic E-state index is 0.313. The summed E-state index contributed by atoms with van der Waals surface area (Å²) in [5, 5.41) is 4.55. The van der Waals surface area contributed by atoms with Gasteiger partial charge in [-0.2, -0.15) is 5.10 Å². The highest BCUT2D eigenvalue weighted by Gasteiger charge is 2.31. The van der Waals surface area contributed by atoms with Crippen LogP contribution in [0.5, 0.6) is 0 Å². The molecule has 21 heavy (non-hydrogen) atoms. The van der Waals surface area contributed by atoms with Crippen molar-refractivity contribution >= 4 is 21.7 Å². The van der Waals surface area contributed by atoms with Crippen molar-refractivity contribution in [2.24, 2.45) is 5.92 Å². The molecule has 118 valence electrons. The van der Waals surface area contributed by atoms with Crippen LogP contribution in [0.15, 0.2) is 4.47 Å². The Labute approximate surface area is 135 Å². The van der Waals surface area contributed by atoms with Crippen LogP contribution < -0.4 is 0 Å². The summed E-state index contributed by atoms with van der Waals surface area (Å²) in [6.45, 7) is 7.74. The van der Waals surface area contributed by atoms with Crippen LogP contribution in [-0.4, -0.2) is 28.3 Å². The van der Waals surface area contributed by atoms with Crippen molar-refractivity contribution in [1.29, 1.82) is 0 Å². The van der Waals surface area contributed by atoms with Gasteiger partial charge in [-0.3, -0.25) is 9.48 Å². The second-order valence-corrected chi connectivity index (χ2v) is 6.50. The number of aryl methyl sites for hydroxylation is 2. The van der Waals surface area contributed by atoms with E-state index >= 15 is 0 Å². The van der Waals surface area contributed by atoms with Crippen molar-refractivity contribution in [3.63, 3.8) is 0 Å². The minimum atomic E-state index is 0.313. The molecule has 0 amide bonds. The van der Waals surface area contributed by atoms with Gasteiger partial charge in [-0.15, -0.1) is 0 Å². The molecule has 0 N–H and O–H groups in total. The smallest absolute Gasteiger partial charge is 0.139 e. The van der Waals surface area contributed by atoms with E-state index in [0.29, 0.717) is 30.6 Å². The van der Waals surface area contributed by atoms with E-state index in [4.69, 9.17) is 4.74 Å². The molecule has 1 aromatic heterocycles. The van der Waals surface area contributed by atoms with Crippen LogP contribution in [0.2, 0.25) is 0 Å². The van der Waals surface area contributed by atoms with Gasteiger partial charge in [0.2, 0.25) is 0 Å². The fourth-order valence-electron chi connectivity index (χ4n) is 2.98. The molecule has 0 saturated heterocycles. The number of nitrogens with zero attached hydrogens (tertiary/aromatic N) is 2. The molecule has 2 rings (SSSR count). The first-order valence-corrected chi connectivity index (χ1v) is 8.75. The highest BCUT2D eigenvalue weighted by Crippen LogP contribution is 2.33. The number of Topliss-reactive ketones (excluding diaryl/α,β-unsaturated/α-hetero) is 1. The van der Waals surface area contributed by atoms with E-state index in [1.807, 2.05) is 11.6 Å². The molecule has 1 aromatic rings. The average molecular weight is 357 g/mol. The molecule has 1 aliphatic carbocycles. The van der Waals surface area contributed by atoms with E-state index in [0.717, 1.165) is 48.3 Å². The Morgan fingerprint density at radius 1 is 1.38 bits per heavy atom. The lowest BCUT2D eigenvalue weighted by Crippen LogP contribution is -2.33. The van der Waals surface area contributed by atoms with Crippen LogP contribution in [0, 0.1) is 5.92 Å². The zero-order chi connectivity index (χ0) is 15.4. The van der Waals surface area contributed by atoms with Crippen molar-refractivity contribution in [3.8, 4) is 0 Å². The number of carbonyl (C=O) groups excluding carboxylic acids is 1. The van der Waals surface area contributed by atoms with E-state index in [-0.39, 0.29) is 0 Å². The molecular weight excluding hydrogens is 332 g/mol. The third-order valence-electron chi connectivity index (χ3n) is 4.17. The molecule has 1 saturated carbocycles. The SMILES string of the molecule is CCOC1CC(CC(=O)Cc2c(Br)c(CC)nn2CC)C1. The van der Waals surface area contributed by atoms with Gasteiger partial charge in [0.1, 0.15) is 5.78 Å². The maximum atomic E-state index is 12.3. The number of halogens is 1. The molecule has 1 fully saturated rings. The monoisotopic (exact) mass is 356 g/mol. The van der Waals surface area contributed by atoms with E-state index in [1.165, 1.54) is 0 Å². The molecule has 0 aromatic carbocycles. The van der Waals surface area contributed by atoms with Crippen LogP contribution in [0.3, 0.4) is 0 Å². The molecular formula is C16H25BrN2O2. The van der Waals surface area contributed by atoms with Gasteiger partial charge >= 0.3 is 0 Å². The Hall–Kier alpha value is -0.680. The van der Waals surface area contributed by atoms with Crippen molar-refractivity contribution in [2.45, 2.75) is 65.5 Å². The molecule has 4 nitrogen and oxygen atoms in total. The quantitative estimate of drug-likeness (QED) is 0.715. The predicted octanol–water partition coefficient (Wildman–Crippen LogP) is 3.54. The standard InChI is InChI=1S/C16H25BrN2O2/c1-4-14-16(17)15(19(5-2)18-14)10-12(20)7-11-8-13(9-11)21-6-3/h11,13H,4-10H2,1-3H3. The van der Waals surface area contributed by atoms with Gasteiger partial charge in [-0.1, -0.05) is 6.92 Å². The third kappa shape index (κ3) is 3.95. The lowest BCUT2D eigenvalue weighted by Gasteiger charge is -2.34. The number of ether oxygens (including phenoxy) is 1. The van der Waals surface area contributed by atoms with Gasteiger partial charge in [-0.25, -0.2) is 0 Å². The fourth-order valence-corrected chi connectivity index (χ4v) is 3.68. The molecule has 5 heteroatoms. The number of hydrogen-bond donors (Lipinski definition) is 0. The van der Waals surface area contributed by atoms with Gasteiger partial charge in [0.25, 0.3) is 0 Å². The van der Waals surface area contributed by atoms with Crippen LogP contribution in [0.1, 0.15) is 51.4 Å². The molecule has 0 atom stereocenters. The molecule has 1 heterocycles. The first-order valence-electron chi connectivity index (χ1n) is 7.96. The summed E-state index contributed by atoms with van der Waals surface area (Å²) in [7, 11) is 0. The first-order chi connectivity index (χ1) is 10.1. The highest BCUT2D eigenvalue weighted by molar-refractivity contribution is 9.10. The molecule has 0 aliphatic heterocycles. The largest absolute Gasteiger partial charge is 0.378 e. The van der Waals surface area contributed by atoms with Crippen LogP contribution in [0.25, 0.3) is 0 Å². The zero-order valence-electron chi connectivity index (χ0n) is 13.2. The second kappa shape index (κ2) is 7.54. The molecule has 0 spiro atoms. The summed E-state index contributed by atoms with van der Waals surface area (Å²) in [6.07, 6.45) is 4.49. The predicted molar refractivity (Wildman–Crippen MR) is 86.4 cm³/mol. The van der Waals surface area contributed by atoms with Gasteiger partial charge in [-0.05, 0) is 55.0 Å². The van der Waals surface area contributed by atoms with E-state index in [9.17, 15) is 4.79 Å². The van der Waals surface area contributed by atoms with Crippen LogP contribution in [-0.2, 0) is 28.9 Å². The van der Waals surface area contributed by atoms with E-state index in [2.05, 4.69) is 34.9 Å². The summed E-state index contributed by atoms with van der Waals surface area (Å²) < 4.78 is 8.51. The summed E-state index contributed by atoms with van der Waals surface area (Å²) >= 11 is 3.60. The Kier molecular flexibility index (Phi) is 5.99. The molecule has 1 aliphatic rings. The minimum Gasteiger partial charge on any atom is -0.378 e. The number of aromatic nitrogens is 2. The van der Waals surface area contributed by atoms with E-state index in [1.54, 1.807) is 0 Å². The highest BCUT2D eigenvalue weighted by atomic mass is 79.9. The number of rotatable bonds is 8. The summed E-state index contributed by atoms with van der Waals surface area (Å²) in [5.74, 6) is 0.823. The molecule has 0 bridgehead atoms. The van der Waals surface area contributed by atoms with Gasteiger partial charge in [0, 0.05) is 26.0 Å². The normalized spacial score (nSPS) is 21.3. The Balaban J connectivity index is 1.90. The number of ketones is 1. The maximum Gasteiger partial charge on any atom is 0.139 e. The molecule has 0 radical (unpaired) electrons. The topological polar surface area (TPSA) is 44.1 Å². The summed E-state index contributed by atoms with van der Waals surface area (Å²) in [4.78, 5) is 12.3. The third-order valence-corrected chi connectivity index (χ3v) is 5.09. The Bertz CT molecular complexity index is 493. The van der Waals surface area contributed by atoms with Crippen LogP contribution >= 0.6 is 15.9 Å². The van der Waals surface area contributed by atoms with Gasteiger partial charge in [0.05, 0.1) is 22.0 Å². The lowest BCUT2D eigenvalue weighted by atomic mass is 9.78. The number of carbonyl (C=O) groups is 1. The van der Waals surface area contributed by atoms with Crippen molar-refractivity contribution in [2.75, 3.05) is 6.61 Å². The van der Waals surface area contributed by atoms with Crippen molar-refractivity contribution < 1.29 is 9.53 Å². The van der Waals surface area contributed by atoms with Crippen molar-refractivity contribution in [3.05, 3.63) is 15.9 Å².